The minimum Gasteiger partial charge on any atom is -0.370 e. The van der Waals surface area contributed by atoms with E-state index in [4.69, 9.17) is 10.5 Å². The maximum Gasteiger partial charge on any atom is 0.0988 e. The van der Waals surface area contributed by atoms with E-state index in [2.05, 4.69) is 25.7 Å². The number of ether oxygens (including phenoxy) is 1. The Balaban J connectivity index is 2.80. The Morgan fingerprint density at radius 2 is 2.28 bits per heavy atom. The second-order valence-corrected chi connectivity index (χ2v) is 5.31. The molecule has 1 aliphatic heterocycles. The monoisotopic (exact) mass is 254 g/mol. The molecule has 0 amide bonds. The van der Waals surface area contributed by atoms with Crippen LogP contribution in [0.2, 0.25) is 0 Å². The van der Waals surface area contributed by atoms with Crippen molar-refractivity contribution in [3.63, 3.8) is 0 Å². The fourth-order valence-corrected chi connectivity index (χ4v) is 2.99. The molecule has 3 atom stereocenters. The standard InChI is InChI=1S/C15H30N2O/c1-4-7-8-10-15(13(16)6-3)14(9-5-2)17-11-12-18-15/h5,13-14,17H,2,4,6-12,16H2,1,3H3. The molecule has 0 aromatic rings. The molecule has 3 heteroatoms. The van der Waals surface area contributed by atoms with Gasteiger partial charge in [0.15, 0.2) is 0 Å². The number of rotatable bonds is 8. The van der Waals surface area contributed by atoms with Crippen LogP contribution in [0.5, 0.6) is 0 Å². The maximum atomic E-state index is 6.39. The van der Waals surface area contributed by atoms with E-state index >= 15 is 0 Å². The zero-order valence-electron chi connectivity index (χ0n) is 12.1. The van der Waals surface area contributed by atoms with Gasteiger partial charge in [0.1, 0.15) is 0 Å². The number of hydrogen-bond acceptors (Lipinski definition) is 3. The smallest absolute Gasteiger partial charge is 0.0988 e. The van der Waals surface area contributed by atoms with Crippen LogP contribution < -0.4 is 11.1 Å². The number of morpholine rings is 1. The normalized spacial score (nSPS) is 30.1. The second kappa shape index (κ2) is 7.93. The van der Waals surface area contributed by atoms with E-state index in [1.807, 2.05) is 6.08 Å². The first kappa shape index (κ1) is 15.7. The molecule has 0 radical (unpaired) electrons. The Hall–Kier alpha value is -0.380. The zero-order valence-corrected chi connectivity index (χ0v) is 12.1. The van der Waals surface area contributed by atoms with E-state index in [0.29, 0.717) is 6.04 Å². The predicted octanol–water partition coefficient (Wildman–Crippen LogP) is 2.61. The molecule has 1 saturated heterocycles. The molecule has 1 aliphatic rings. The number of nitrogens with one attached hydrogen (secondary N) is 1. The molecule has 3 unspecified atom stereocenters. The van der Waals surface area contributed by atoms with Crippen LogP contribution in [-0.2, 0) is 4.74 Å². The average Bonchev–Trinajstić information content (AvgIpc) is 2.40. The van der Waals surface area contributed by atoms with Crippen molar-refractivity contribution >= 4 is 0 Å². The lowest BCUT2D eigenvalue weighted by atomic mass is 9.78. The first-order chi connectivity index (χ1) is 8.71. The summed E-state index contributed by atoms with van der Waals surface area (Å²) in [5.74, 6) is 0. The Morgan fingerprint density at radius 3 is 2.89 bits per heavy atom. The highest BCUT2D eigenvalue weighted by atomic mass is 16.5. The summed E-state index contributed by atoms with van der Waals surface area (Å²) in [4.78, 5) is 0. The Kier molecular flexibility index (Phi) is 6.90. The van der Waals surface area contributed by atoms with E-state index in [0.717, 1.165) is 32.4 Å². The third-order valence-corrected chi connectivity index (χ3v) is 4.09. The van der Waals surface area contributed by atoms with Crippen LogP contribution in [0.25, 0.3) is 0 Å². The van der Waals surface area contributed by atoms with Gasteiger partial charge in [0.2, 0.25) is 0 Å². The van der Waals surface area contributed by atoms with E-state index in [-0.39, 0.29) is 11.6 Å². The summed E-state index contributed by atoms with van der Waals surface area (Å²) in [6, 6.07) is 0.419. The van der Waals surface area contributed by atoms with Crippen LogP contribution in [0.4, 0.5) is 0 Å². The van der Waals surface area contributed by atoms with Crippen LogP contribution in [0.15, 0.2) is 12.7 Å². The summed E-state index contributed by atoms with van der Waals surface area (Å²) >= 11 is 0. The maximum absolute atomic E-state index is 6.39. The first-order valence-corrected chi connectivity index (χ1v) is 7.45. The van der Waals surface area contributed by atoms with Crippen molar-refractivity contribution in [1.29, 1.82) is 0 Å². The molecule has 0 spiro atoms. The highest BCUT2D eigenvalue weighted by molar-refractivity contribution is 5.04. The molecule has 0 saturated carbocycles. The van der Waals surface area contributed by atoms with E-state index in [9.17, 15) is 0 Å². The molecule has 3 N–H and O–H groups in total. The molecular formula is C15H30N2O. The Bertz CT molecular complexity index is 245. The van der Waals surface area contributed by atoms with Gasteiger partial charge in [-0.25, -0.2) is 0 Å². The third-order valence-electron chi connectivity index (χ3n) is 4.09. The third kappa shape index (κ3) is 3.56. The fraction of sp³-hybridized carbons (Fsp3) is 0.867. The van der Waals surface area contributed by atoms with Crippen LogP contribution in [0, 0.1) is 0 Å². The minimum atomic E-state index is -0.198. The van der Waals surface area contributed by atoms with Crippen LogP contribution in [0.3, 0.4) is 0 Å². The lowest BCUT2D eigenvalue weighted by Gasteiger charge is -2.48. The molecule has 1 fully saturated rings. The lowest BCUT2D eigenvalue weighted by molar-refractivity contribution is -0.118. The highest BCUT2D eigenvalue weighted by Gasteiger charge is 2.45. The van der Waals surface area contributed by atoms with Crippen molar-refractivity contribution in [2.24, 2.45) is 5.73 Å². The van der Waals surface area contributed by atoms with Gasteiger partial charge in [-0.2, -0.15) is 0 Å². The molecule has 1 rings (SSSR count). The molecule has 18 heavy (non-hydrogen) atoms. The Labute approximate surface area is 112 Å². The topological polar surface area (TPSA) is 47.3 Å². The molecule has 3 nitrogen and oxygen atoms in total. The van der Waals surface area contributed by atoms with E-state index in [1.165, 1.54) is 19.3 Å². The minimum absolute atomic E-state index is 0.104. The quantitative estimate of drug-likeness (QED) is 0.517. The van der Waals surface area contributed by atoms with Crippen molar-refractivity contribution in [3.05, 3.63) is 12.7 Å². The van der Waals surface area contributed by atoms with Gasteiger partial charge in [-0.15, -0.1) is 6.58 Å². The van der Waals surface area contributed by atoms with Gasteiger partial charge in [0.05, 0.1) is 12.2 Å². The molecule has 0 aliphatic carbocycles. The average molecular weight is 254 g/mol. The largest absolute Gasteiger partial charge is 0.370 e. The van der Waals surface area contributed by atoms with Crippen LogP contribution >= 0.6 is 0 Å². The zero-order chi connectivity index (χ0) is 13.4. The Morgan fingerprint density at radius 1 is 1.50 bits per heavy atom. The fourth-order valence-electron chi connectivity index (χ4n) is 2.99. The van der Waals surface area contributed by atoms with Crippen LogP contribution in [0.1, 0.15) is 52.4 Å². The molecule has 0 aromatic heterocycles. The lowest BCUT2D eigenvalue weighted by Crippen LogP contribution is -2.65. The second-order valence-electron chi connectivity index (χ2n) is 5.31. The molecule has 1 heterocycles. The predicted molar refractivity (Wildman–Crippen MR) is 77.7 cm³/mol. The molecule has 0 aromatic carbocycles. The van der Waals surface area contributed by atoms with Crippen molar-refractivity contribution in [3.8, 4) is 0 Å². The van der Waals surface area contributed by atoms with Gasteiger partial charge < -0.3 is 15.8 Å². The summed E-state index contributed by atoms with van der Waals surface area (Å²) in [6.45, 7) is 9.94. The highest BCUT2D eigenvalue weighted by Crippen LogP contribution is 2.32. The SMILES string of the molecule is C=CCC1NCCOC1(CCCCC)C(N)CC. The van der Waals surface area contributed by atoms with Gasteiger partial charge in [0, 0.05) is 18.6 Å². The van der Waals surface area contributed by atoms with Crippen molar-refractivity contribution in [2.45, 2.75) is 70.1 Å². The van der Waals surface area contributed by atoms with Gasteiger partial charge in [0.25, 0.3) is 0 Å². The molecular weight excluding hydrogens is 224 g/mol. The molecule has 0 bridgehead atoms. The van der Waals surface area contributed by atoms with Gasteiger partial charge >= 0.3 is 0 Å². The van der Waals surface area contributed by atoms with Crippen molar-refractivity contribution in [1.82, 2.24) is 5.32 Å². The summed E-state index contributed by atoms with van der Waals surface area (Å²) in [5, 5.41) is 3.58. The van der Waals surface area contributed by atoms with E-state index in [1.54, 1.807) is 0 Å². The summed E-state index contributed by atoms with van der Waals surface area (Å²) < 4.78 is 6.19. The van der Waals surface area contributed by atoms with Gasteiger partial charge in [-0.05, 0) is 19.3 Å². The van der Waals surface area contributed by atoms with Crippen molar-refractivity contribution in [2.75, 3.05) is 13.2 Å². The number of unbranched alkanes of at least 4 members (excludes halogenated alkanes) is 2. The number of nitrogens with two attached hydrogens (primary N) is 1. The van der Waals surface area contributed by atoms with E-state index < -0.39 is 0 Å². The van der Waals surface area contributed by atoms with Gasteiger partial charge in [-0.1, -0.05) is 39.2 Å². The molecule has 106 valence electrons. The summed E-state index contributed by atoms with van der Waals surface area (Å²) in [7, 11) is 0. The first-order valence-electron chi connectivity index (χ1n) is 7.45. The summed E-state index contributed by atoms with van der Waals surface area (Å²) in [5.41, 5.74) is 6.19. The van der Waals surface area contributed by atoms with Gasteiger partial charge in [-0.3, -0.25) is 0 Å². The summed E-state index contributed by atoms with van der Waals surface area (Å²) in [6.07, 6.45) is 8.60. The van der Waals surface area contributed by atoms with Crippen molar-refractivity contribution < 1.29 is 4.74 Å². The van der Waals surface area contributed by atoms with Crippen LogP contribution in [-0.4, -0.2) is 30.8 Å². The number of hydrogen-bond donors (Lipinski definition) is 2.